The number of hydrogen-bond donors (Lipinski definition) is 2. The first-order valence-electron chi connectivity index (χ1n) is 11.4. The van der Waals surface area contributed by atoms with Crippen LogP contribution in [0.4, 0.5) is 5.69 Å². The molecule has 0 saturated carbocycles. The number of amides is 2. The van der Waals surface area contributed by atoms with Crippen LogP contribution >= 0.6 is 11.8 Å². The molecule has 9 heteroatoms. The number of benzene rings is 3. The van der Waals surface area contributed by atoms with Crippen molar-refractivity contribution in [1.82, 2.24) is 20.1 Å². The van der Waals surface area contributed by atoms with Gasteiger partial charge in [0.15, 0.2) is 11.0 Å². The van der Waals surface area contributed by atoms with Crippen molar-refractivity contribution < 1.29 is 14.3 Å². The fourth-order valence-corrected chi connectivity index (χ4v) is 4.37. The second kappa shape index (κ2) is 11.5. The quantitative estimate of drug-likeness (QED) is 0.327. The minimum absolute atomic E-state index is 0.136. The highest BCUT2D eigenvalue weighted by Gasteiger charge is 2.19. The number of aromatic nitrogens is 3. The number of carbonyl (C=O) groups is 2. The van der Waals surface area contributed by atoms with Crippen LogP contribution in [0.3, 0.4) is 0 Å². The largest absolute Gasteiger partial charge is 0.495 e. The molecule has 0 bridgehead atoms. The van der Waals surface area contributed by atoms with Crippen LogP contribution in [0.2, 0.25) is 0 Å². The Balaban J connectivity index is 1.55. The number of hydrogen-bond acceptors (Lipinski definition) is 6. The van der Waals surface area contributed by atoms with Gasteiger partial charge in [-0.05, 0) is 55.3 Å². The van der Waals surface area contributed by atoms with E-state index in [1.54, 1.807) is 23.8 Å². The summed E-state index contributed by atoms with van der Waals surface area (Å²) in [6.45, 7) is 4.09. The van der Waals surface area contributed by atoms with Crippen LogP contribution in [-0.4, -0.2) is 39.4 Å². The van der Waals surface area contributed by atoms with Gasteiger partial charge in [-0.2, -0.15) is 0 Å². The molecule has 184 valence electrons. The summed E-state index contributed by atoms with van der Waals surface area (Å²) in [6, 6.07) is 22.4. The first-order valence-corrected chi connectivity index (χ1v) is 12.4. The summed E-state index contributed by atoms with van der Waals surface area (Å²) >= 11 is 1.26. The lowest BCUT2D eigenvalue weighted by Crippen LogP contribution is -2.24. The van der Waals surface area contributed by atoms with E-state index in [0.717, 1.165) is 16.8 Å². The van der Waals surface area contributed by atoms with E-state index in [1.165, 1.54) is 11.8 Å². The Kier molecular flexibility index (Phi) is 8.02. The van der Waals surface area contributed by atoms with Gasteiger partial charge in [-0.15, -0.1) is 10.2 Å². The summed E-state index contributed by atoms with van der Waals surface area (Å²) in [4.78, 5) is 25.3. The molecular formula is C27H27N5O3S. The van der Waals surface area contributed by atoms with Gasteiger partial charge in [0.1, 0.15) is 5.75 Å². The molecule has 0 atom stereocenters. The minimum Gasteiger partial charge on any atom is -0.495 e. The van der Waals surface area contributed by atoms with E-state index in [0.29, 0.717) is 28.0 Å². The van der Waals surface area contributed by atoms with E-state index in [-0.39, 0.29) is 24.1 Å². The number of thioether (sulfide) groups is 1. The monoisotopic (exact) mass is 501 g/mol. The molecule has 1 aromatic heterocycles. The van der Waals surface area contributed by atoms with E-state index in [2.05, 4.69) is 20.8 Å². The third-order valence-electron chi connectivity index (χ3n) is 5.47. The highest BCUT2D eigenvalue weighted by atomic mass is 32.2. The molecule has 0 aliphatic heterocycles. The van der Waals surface area contributed by atoms with E-state index < -0.39 is 0 Å². The number of ether oxygens (including phenoxy) is 1. The van der Waals surface area contributed by atoms with Gasteiger partial charge in [-0.1, -0.05) is 54.2 Å². The molecular weight excluding hydrogens is 474 g/mol. The summed E-state index contributed by atoms with van der Waals surface area (Å²) in [5.74, 6) is 0.905. The summed E-state index contributed by atoms with van der Waals surface area (Å²) in [5, 5.41) is 15.0. The van der Waals surface area contributed by atoms with Crippen molar-refractivity contribution in [3.63, 3.8) is 0 Å². The molecule has 0 fully saturated rings. The number of nitrogens with one attached hydrogen (secondary N) is 2. The summed E-state index contributed by atoms with van der Waals surface area (Å²) in [6.07, 6.45) is 0. The van der Waals surface area contributed by atoms with Crippen LogP contribution in [0, 0.1) is 13.8 Å². The molecule has 4 rings (SSSR count). The normalized spacial score (nSPS) is 10.6. The lowest BCUT2D eigenvalue weighted by atomic mass is 10.1. The Hall–Kier alpha value is -4.11. The van der Waals surface area contributed by atoms with Gasteiger partial charge in [0.25, 0.3) is 5.91 Å². The van der Waals surface area contributed by atoms with Crippen molar-refractivity contribution in [2.45, 2.75) is 25.5 Å². The minimum atomic E-state index is -0.215. The number of aryl methyl sites for hydroxylation is 2. The van der Waals surface area contributed by atoms with Crippen LogP contribution in [0.15, 0.2) is 78.0 Å². The Morgan fingerprint density at radius 1 is 0.972 bits per heavy atom. The van der Waals surface area contributed by atoms with Crippen molar-refractivity contribution >= 4 is 29.3 Å². The molecule has 0 unspecified atom stereocenters. The molecule has 0 saturated heterocycles. The van der Waals surface area contributed by atoms with Crippen molar-refractivity contribution in [3.8, 4) is 11.4 Å². The average molecular weight is 502 g/mol. The molecule has 2 N–H and O–H groups in total. The fraction of sp³-hybridized carbons (Fsp3) is 0.185. The zero-order chi connectivity index (χ0) is 25.5. The van der Waals surface area contributed by atoms with Crippen molar-refractivity contribution in [2.75, 3.05) is 18.2 Å². The Labute approximate surface area is 214 Å². The van der Waals surface area contributed by atoms with Crippen molar-refractivity contribution in [3.05, 3.63) is 95.3 Å². The molecule has 0 spiro atoms. The highest BCUT2D eigenvalue weighted by Crippen LogP contribution is 2.29. The maximum atomic E-state index is 12.7. The highest BCUT2D eigenvalue weighted by molar-refractivity contribution is 7.99. The Morgan fingerprint density at radius 2 is 1.72 bits per heavy atom. The summed E-state index contributed by atoms with van der Waals surface area (Å²) in [5.41, 5.74) is 4.12. The van der Waals surface area contributed by atoms with E-state index in [9.17, 15) is 9.59 Å². The van der Waals surface area contributed by atoms with Gasteiger partial charge >= 0.3 is 0 Å². The first kappa shape index (κ1) is 25.0. The maximum Gasteiger partial charge on any atom is 0.251 e. The maximum absolute atomic E-state index is 12.7. The lowest BCUT2D eigenvalue weighted by Gasteiger charge is -2.14. The average Bonchev–Trinajstić information content (AvgIpc) is 3.31. The second-order valence-corrected chi connectivity index (χ2v) is 9.05. The van der Waals surface area contributed by atoms with Gasteiger partial charge < -0.3 is 15.4 Å². The number of methoxy groups -OCH3 is 1. The zero-order valence-corrected chi connectivity index (χ0v) is 21.1. The number of nitrogens with zero attached hydrogens (tertiary/aromatic N) is 3. The fourth-order valence-electron chi connectivity index (χ4n) is 3.60. The molecule has 0 aliphatic rings. The standard InChI is InChI=1S/C27H27N5O3S/c1-18-13-14-19(2)21(15-18)29-25(33)17-36-27-31-30-24(16-28-26(34)20-9-5-4-6-10-20)32(27)22-11-7-8-12-23(22)35-3/h4-15H,16-17H2,1-3H3,(H,28,34)(H,29,33). The number of anilines is 1. The predicted octanol–water partition coefficient (Wildman–Crippen LogP) is 4.55. The van der Waals surface area contributed by atoms with Crippen LogP contribution in [-0.2, 0) is 11.3 Å². The van der Waals surface area contributed by atoms with Crippen LogP contribution in [0.5, 0.6) is 5.75 Å². The molecule has 3 aromatic carbocycles. The van der Waals surface area contributed by atoms with Gasteiger partial charge in [0, 0.05) is 11.3 Å². The zero-order valence-electron chi connectivity index (χ0n) is 20.3. The smallest absolute Gasteiger partial charge is 0.251 e. The summed E-state index contributed by atoms with van der Waals surface area (Å²) < 4.78 is 7.36. The molecule has 4 aromatic rings. The molecule has 2 amide bonds. The van der Waals surface area contributed by atoms with Crippen LogP contribution < -0.4 is 15.4 Å². The Morgan fingerprint density at radius 3 is 2.50 bits per heavy atom. The van der Waals surface area contributed by atoms with E-state index in [4.69, 9.17) is 4.74 Å². The Bertz CT molecular complexity index is 1370. The molecule has 0 aliphatic carbocycles. The molecule has 1 heterocycles. The second-order valence-electron chi connectivity index (χ2n) is 8.11. The van der Waals surface area contributed by atoms with Crippen LogP contribution in [0.25, 0.3) is 5.69 Å². The SMILES string of the molecule is COc1ccccc1-n1c(CNC(=O)c2ccccc2)nnc1SCC(=O)Nc1cc(C)ccc1C. The van der Waals surface area contributed by atoms with Gasteiger partial charge in [-0.3, -0.25) is 14.2 Å². The van der Waals surface area contributed by atoms with E-state index >= 15 is 0 Å². The van der Waals surface area contributed by atoms with Crippen molar-refractivity contribution in [2.24, 2.45) is 0 Å². The molecule has 8 nitrogen and oxygen atoms in total. The van der Waals surface area contributed by atoms with Crippen molar-refractivity contribution in [1.29, 1.82) is 0 Å². The molecule has 36 heavy (non-hydrogen) atoms. The van der Waals surface area contributed by atoms with E-state index in [1.807, 2.05) is 74.5 Å². The van der Waals surface area contributed by atoms with Gasteiger partial charge in [0.2, 0.25) is 5.91 Å². The number of para-hydroxylation sites is 2. The predicted molar refractivity (Wildman–Crippen MR) is 141 cm³/mol. The molecule has 0 radical (unpaired) electrons. The topological polar surface area (TPSA) is 98.1 Å². The number of rotatable bonds is 9. The third kappa shape index (κ3) is 5.92. The first-order chi connectivity index (χ1) is 17.5. The number of carbonyl (C=O) groups excluding carboxylic acids is 2. The van der Waals surface area contributed by atoms with Gasteiger partial charge in [0.05, 0.1) is 25.1 Å². The third-order valence-corrected chi connectivity index (χ3v) is 6.40. The van der Waals surface area contributed by atoms with Crippen LogP contribution in [0.1, 0.15) is 27.3 Å². The van der Waals surface area contributed by atoms with Gasteiger partial charge in [-0.25, -0.2) is 0 Å². The summed E-state index contributed by atoms with van der Waals surface area (Å²) in [7, 11) is 1.59. The lowest BCUT2D eigenvalue weighted by molar-refractivity contribution is -0.113.